The number of hydrogen-bond donors (Lipinski definition) is 0. The van der Waals surface area contributed by atoms with Gasteiger partial charge in [-0.2, -0.15) is 0 Å². The first-order valence-corrected chi connectivity index (χ1v) is 10.6. The van der Waals surface area contributed by atoms with E-state index in [1.165, 1.54) is 0 Å². The maximum absolute atomic E-state index is 12.9. The first-order chi connectivity index (χ1) is 13.6. The number of halogens is 2. The maximum atomic E-state index is 12.9. The molecule has 0 aliphatic carbocycles. The molecule has 0 radical (unpaired) electrons. The molecular weight excluding hydrogens is 407 g/mol. The zero-order chi connectivity index (χ0) is 19.5. The minimum absolute atomic E-state index is 0.712. The Labute approximate surface area is 177 Å². The SMILES string of the molecule is O=S(c1ccc(-c2ccc(Cl)cc2)cc1)c1ccc(-c2ccc(Cl)cc2)cc1. The van der Waals surface area contributed by atoms with Gasteiger partial charge in [0.1, 0.15) is 0 Å². The molecule has 0 amide bonds. The van der Waals surface area contributed by atoms with E-state index in [0.717, 1.165) is 32.0 Å². The van der Waals surface area contributed by atoms with Crippen LogP contribution < -0.4 is 0 Å². The van der Waals surface area contributed by atoms with Crippen LogP contribution in [0.25, 0.3) is 22.3 Å². The van der Waals surface area contributed by atoms with Crippen molar-refractivity contribution < 1.29 is 4.21 Å². The van der Waals surface area contributed by atoms with Crippen molar-refractivity contribution in [3.8, 4) is 22.3 Å². The Morgan fingerprint density at radius 1 is 0.429 bits per heavy atom. The zero-order valence-electron chi connectivity index (χ0n) is 14.8. The van der Waals surface area contributed by atoms with E-state index in [4.69, 9.17) is 23.2 Å². The van der Waals surface area contributed by atoms with E-state index in [2.05, 4.69) is 0 Å². The fourth-order valence-corrected chi connectivity index (χ4v) is 4.25. The second kappa shape index (κ2) is 8.32. The Balaban J connectivity index is 1.54. The van der Waals surface area contributed by atoms with E-state index in [1.807, 2.05) is 97.1 Å². The van der Waals surface area contributed by atoms with E-state index in [0.29, 0.717) is 10.0 Å². The second-order valence-corrected chi connectivity index (χ2v) is 8.68. The highest BCUT2D eigenvalue weighted by Crippen LogP contribution is 2.26. The Kier molecular flexibility index (Phi) is 5.63. The molecule has 0 heterocycles. The van der Waals surface area contributed by atoms with Gasteiger partial charge in [-0.05, 0) is 70.8 Å². The number of hydrogen-bond acceptors (Lipinski definition) is 1. The highest BCUT2D eigenvalue weighted by Gasteiger charge is 2.08. The van der Waals surface area contributed by atoms with Gasteiger partial charge in [0, 0.05) is 19.8 Å². The fourth-order valence-electron chi connectivity index (χ4n) is 2.96. The summed E-state index contributed by atoms with van der Waals surface area (Å²) in [7, 11) is -1.23. The average molecular weight is 423 g/mol. The number of benzene rings is 4. The standard InChI is InChI=1S/C24H16Cl2OS/c25-21-9-1-17(2-10-21)19-5-13-23(14-6-19)28(27)24-15-7-20(8-16-24)18-3-11-22(26)12-4-18/h1-16H. The molecule has 0 atom stereocenters. The summed E-state index contributed by atoms with van der Waals surface area (Å²) >= 11 is 11.9. The van der Waals surface area contributed by atoms with Gasteiger partial charge < -0.3 is 0 Å². The predicted octanol–water partition coefficient (Wildman–Crippen LogP) is 7.49. The summed E-state index contributed by atoms with van der Waals surface area (Å²) in [5, 5.41) is 1.42. The van der Waals surface area contributed by atoms with E-state index in [9.17, 15) is 4.21 Å². The van der Waals surface area contributed by atoms with Gasteiger partial charge in [0.05, 0.1) is 10.8 Å². The van der Waals surface area contributed by atoms with Crippen LogP contribution in [0.5, 0.6) is 0 Å². The molecule has 0 spiro atoms. The summed E-state index contributed by atoms with van der Waals surface area (Å²) in [6.45, 7) is 0. The third kappa shape index (κ3) is 4.20. The Bertz CT molecular complexity index is 1010. The summed E-state index contributed by atoms with van der Waals surface area (Å²) in [5.74, 6) is 0. The lowest BCUT2D eigenvalue weighted by Gasteiger charge is -2.07. The molecule has 0 unspecified atom stereocenters. The first kappa shape index (κ1) is 18.9. The normalized spacial score (nSPS) is 11.0. The topological polar surface area (TPSA) is 17.1 Å². The van der Waals surface area contributed by atoms with Gasteiger partial charge in [0.2, 0.25) is 0 Å². The van der Waals surface area contributed by atoms with E-state index in [1.54, 1.807) is 0 Å². The largest absolute Gasteiger partial charge is 0.249 e. The Morgan fingerprint density at radius 3 is 0.964 bits per heavy atom. The first-order valence-electron chi connectivity index (χ1n) is 8.74. The maximum Gasteiger partial charge on any atom is 0.0849 e. The third-order valence-corrected chi connectivity index (χ3v) is 6.40. The van der Waals surface area contributed by atoms with Crippen molar-refractivity contribution in [3.63, 3.8) is 0 Å². The summed E-state index contributed by atoms with van der Waals surface area (Å²) in [4.78, 5) is 1.55. The van der Waals surface area contributed by atoms with Gasteiger partial charge in [-0.25, -0.2) is 4.21 Å². The zero-order valence-corrected chi connectivity index (χ0v) is 17.1. The molecule has 28 heavy (non-hydrogen) atoms. The van der Waals surface area contributed by atoms with Crippen molar-refractivity contribution in [1.29, 1.82) is 0 Å². The Hall–Kier alpha value is -2.39. The van der Waals surface area contributed by atoms with Crippen molar-refractivity contribution in [3.05, 3.63) is 107 Å². The van der Waals surface area contributed by atoms with E-state index in [-0.39, 0.29) is 0 Å². The summed E-state index contributed by atoms with van der Waals surface area (Å²) in [5.41, 5.74) is 4.29. The van der Waals surface area contributed by atoms with Gasteiger partial charge in [-0.15, -0.1) is 0 Å². The number of rotatable bonds is 4. The van der Waals surface area contributed by atoms with Crippen LogP contribution in [0.1, 0.15) is 0 Å². The molecule has 1 nitrogen and oxygen atoms in total. The van der Waals surface area contributed by atoms with Crippen molar-refractivity contribution in [2.45, 2.75) is 9.79 Å². The molecule has 0 bridgehead atoms. The quantitative estimate of drug-likeness (QED) is 0.332. The lowest BCUT2D eigenvalue weighted by atomic mass is 10.1. The van der Waals surface area contributed by atoms with Crippen LogP contribution in [0.3, 0.4) is 0 Å². The molecule has 0 saturated heterocycles. The molecule has 4 aromatic carbocycles. The fraction of sp³-hybridized carbons (Fsp3) is 0. The monoisotopic (exact) mass is 422 g/mol. The molecule has 4 rings (SSSR count). The highest BCUT2D eigenvalue weighted by atomic mass is 35.5. The third-order valence-electron chi connectivity index (χ3n) is 4.49. The second-order valence-electron chi connectivity index (χ2n) is 6.33. The highest BCUT2D eigenvalue weighted by molar-refractivity contribution is 7.85. The minimum Gasteiger partial charge on any atom is -0.249 e. The van der Waals surface area contributed by atoms with Gasteiger partial charge in [-0.1, -0.05) is 71.7 Å². The summed E-state index contributed by atoms with van der Waals surface area (Å²) in [6.07, 6.45) is 0. The lowest BCUT2D eigenvalue weighted by Crippen LogP contribution is -1.93. The molecule has 0 aromatic heterocycles. The van der Waals surface area contributed by atoms with Crippen LogP contribution >= 0.6 is 23.2 Å². The minimum atomic E-state index is -1.23. The molecule has 4 heteroatoms. The predicted molar refractivity (Wildman–Crippen MR) is 118 cm³/mol. The molecule has 0 N–H and O–H groups in total. The lowest BCUT2D eigenvalue weighted by molar-refractivity contribution is 0.683. The van der Waals surface area contributed by atoms with Crippen molar-refractivity contribution in [2.24, 2.45) is 0 Å². The van der Waals surface area contributed by atoms with Gasteiger partial charge in [0.15, 0.2) is 0 Å². The van der Waals surface area contributed by atoms with Crippen LogP contribution in [0, 0.1) is 0 Å². The van der Waals surface area contributed by atoms with E-state index >= 15 is 0 Å². The molecular formula is C24H16Cl2OS. The van der Waals surface area contributed by atoms with E-state index < -0.39 is 10.8 Å². The molecule has 138 valence electrons. The van der Waals surface area contributed by atoms with Gasteiger partial charge >= 0.3 is 0 Å². The van der Waals surface area contributed by atoms with Gasteiger partial charge in [-0.3, -0.25) is 0 Å². The van der Waals surface area contributed by atoms with Gasteiger partial charge in [0.25, 0.3) is 0 Å². The summed E-state index contributed by atoms with van der Waals surface area (Å²) in [6, 6.07) is 30.9. The Morgan fingerprint density at radius 2 is 0.679 bits per heavy atom. The van der Waals surface area contributed by atoms with Crippen LogP contribution in [-0.4, -0.2) is 4.21 Å². The van der Waals surface area contributed by atoms with Crippen molar-refractivity contribution >= 4 is 34.0 Å². The molecule has 0 saturated carbocycles. The molecule has 0 fully saturated rings. The molecule has 4 aromatic rings. The van der Waals surface area contributed by atoms with Crippen LogP contribution in [0.4, 0.5) is 0 Å². The van der Waals surface area contributed by atoms with Crippen molar-refractivity contribution in [1.82, 2.24) is 0 Å². The average Bonchev–Trinajstić information content (AvgIpc) is 2.75. The molecule has 0 aliphatic rings. The molecule has 0 aliphatic heterocycles. The van der Waals surface area contributed by atoms with Crippen LogP contribution in [0.15, 0.2) is 107 Å². The van der Waals surface area contributed by atoms with Crippen LogP contribution in [0.2, 0.25) is 10.0 Å². The van der Waals surface area contributed by atoms with Crippen molar-refractivity contribution in [2.75, 3.05) is 0 Å². The van der Waals surface area contributed by atoms with Crippen LogP contribution in [-0.2, 0) is 10.8 Å². The smallest absolute Gasteiger partial charge is 0.0849 e. The summed E-state index contributed by atoms with van der Waals surface area (Å²) < 4.78 is 12.9.